The first kappa shape index (κ1) is 13.0. The van der Waals surface area contributed by atoms with Gasteiger partial charge in [-0.15, -0.1) is 0 Å². The van der Waals surface area contributed by atoms with Crippen molar-refractivity contribution in [1.29, 1.82) is 0 Å². The molecule has 0 aromatic carbocycles. The Morgan fingerprint density at radius 2 is 2.44 bits per heavy atom. The van der Waals surface area contributed by atoms with E-state index in [1.165, 1.54) is 0 Å². The number of rotatable bonds is 5. The lowest BCUT2D eigenvalue weighted by atomic mass is 10.1. The molecule has 5 heteroatoms. The van der Waals surface area contributed by atoms with E-state index in [0.29, 0.717) is 6.42 Å². The smallest absolute Gasteiger partial charge is 0.242 e. The van der Waals surface area contributed by atoms with Crippen molar-refractivity contribution in [3.05, 3.63) is 0 Å². The van der Waals surface area contributed by atoms with E-state index >= 15 is 0 Å². The highest BCUT2D eigenvalue weighted by Crippen LogP contribution is 2.04. The minimum atomic E-state index is -0.337. The second-order valence-corrected chi connectivity index (χ2v) is 4.42. The zero-order valence-corrected chi connectivity index (χ0v) is 9.79. The van der Waals surface area contributed by atoms with Crippen molar-refractivity contribution in [3.8, 4) is 0 Å². The molecule has 5 nitrogen and oxygen atoms in total. The van der Waals surface area contributed by atoms with Crippen LogP contribution >= 0.6 is 0 Å². The van der Waals surface area contributed by atoms with Crippen molar-refractivity contribution >= 4 is 11.8 Å². The van der Waals surface area contributed by atoms with E-state index in [1.807, 2.05) is 6.92 Å². The fourth-order valence-electron chi connectivity index (χ4n) is 1.76. The van der Waals surface area contributed by atoms with E-state index in [0.717, 1.165) is 32.2 Å². The summed E-state index contributed by atoms with van der Waals surface area (Å²) in [6.45, 7) is 2.64. The molecule has 2 amide bonds. The molecule has 92 valence electrons. The zero-order valence-electron chi connectivity index (χ0n) is 9.79. The van der Waals surface area contributed by atoms with Crippen molar-refractivity contribution in [2.75, 3.05) is 6.54 Å². The molecule has 1 rings (SSSR count). The minimum absolute atomic E-state index is 0.0531. The Hall–Kier alpha value is -1.10. The molecule has 1 fully saturated rings. The van der Waals surface area contributed by atoms with Crippen molar-refractivity contribution in [2.45, 2.75) is 51.1 Å². The Labute approximate surface area is 96.1 Å². The maximum Gasteiger partial charge on any atom is 0.242 e. The van der Waals surface area contributed by atoms with E-state index in [4.69, 9.17) is 5.73 Å². The lowest BCUT2D eigenvalue weighted by Crippen LogP contribution is -2.50. The molecule has 2 atom stereocenters. The fraction of sp³-hybridized carbons (Fsp3) is 0.818. The highest BCUT2D eigenvalue weighted by Gasteiger charge is 2.23. The van der Waals surface area contributed by atoms with Gasteiger partial charge >= 0.3 is 0 Å². The van der Waals surface area contributed by atoms with Gasteiger partial charge in [0.2, 0.25) is 11.8 Å². The van der Waals surface area contributed by atoms with E-state index < -0.39 is 0 Å². The van der Waals surface area contributed by atoms with Crippen LogP contribution in [0.25, 0.3) is 0 Å². The molecule has 2 unspecified atom stereocenters. The molecule has 1 aliphatic heterocycles. The van der Waals surface area contributed by atoms with Gasteiger partial charge in [-0.05, 0) is 32.6 Å². The van der Waals surface area contributed by atoms with Gasteiger partial charge in [0, 0.05) is 19.0 Å². The summed E-state index contributed by atoms with van der Waals surface area (Å²) in [4.78, 5) is 22.9. The van der Waals surface area contributed by atoms with Crippen LogP contribution < -0.4 is 16.4 Å². The first-order valence-electron chi connectivity index (χ1n) is 5.92. The molecule has 0 aromatic heterocycles. The van der Waals surface area contributed by atoms with Crippen molar-refractivity contribution in [1.82, 2.24) is 10.6 Å². The number of amides is 2. The predicted octanol–water partition coefficient (Wildman–Crippen LogP) is -0.101. The van der Waals surface area contributed by atoms with Gasteiger partial charge in [0.1, 0.15) is 6.04 Å². The summed E-state index contributed by atoms with van der Waals surface area (Å²) in [6.07, 6.45) is 3.73. The van der Waals surface area contributed by atoms with Crippen LogP contribution in [0.1, 0.15) is 39.0 Å². The van der Waals surface area contributed by atoms with Crippen molar-refractivity contribution < 1.29 is 9.59 Å². The summed E-state index contributed by atoms with van der Waals surface area (Å²) in [5.41, 5.74) is 5.59. The van der Waals surface area contributed by atoms with Gasteiger partial charge < -0.3 is 16.4 Å². The Morgan fingerprint density at radius 1 is 1.69 bits per heavy atom. The lowest BCUT2D eigenvalue weighted by molar-refractivity contribution is -0.130. The Kier molecular flexibility index (Phi) is 5.25. The molecular weight excluding hydrogens is 206 g/mol. The normalized spacial score (nSPS) is 22.4. The van der Waals surface area contributed by atoms with Gasteiger partial charge in [-0.1, -0.05) is 0 Å². The minimum Gasteiger partial charge on any atom is -0.354 e. The quantitative estimate of drug-likeness (QED) is 0.613. The lowest BCUT2D eigenvalue weighted by Gasteiger charge is -2.22. The van der Waals surface area contributed by atoms with Crippen LogP contribution in [-0.2, 0) is 9.59 Å². The first-order valence-corrected chi connectivity index (χ1v) is 5.92. The van der Waals surface area contributed by atoms with Crippen molar-refractivity contribution in [3.63, 3.8) is 0 Å². The van der Waals surface area contributed by atoms with Gasteiger partial charge in [0.15, 0.2) is 0 Å². The van der Waals surface area contributed by atoms with Gasteiger partial charge in [-0.3, -0.25) is 9.59 Å². The van der Waals surface area contributed by atoms with E-state index in [9.17, 15) is 9.59 Å². The number of nitrogens with one attached hydrogen (secondary N) is 2. The van der Waals surface area contributed by atoms with E-state index in [-0.39, 0.29) is 23.9 Å². The molecule has 1 heterocycles. The summed E-state index contributed by atoms with van der Waals surface area (Å²) in [7, 11) is 0. The topological polar surface area (TPSA) is 84.2 Å². The maximum atomic E-state index is 11.5. The molecule has 4 N–H and O–H groups in total. The number of piperidine rings is 1. The number of hydrogen-bond acceptors (Lipinski definition) is 3. The molecule has 0 radical (unpaired) electrons. The summed E-state index contributed by atoms with van der Waals surface area (Å²) in [6, 6.07) is -0.206. The number of carbonyl (C=O) groups is 2. The highest BCUT2D eigenvalue weighted by molar-refractivity contribution is 5.87. The van der Waals surface area contributed by atoms with Crippen LogP contribution in [0.4, 0.5) is 0 Å². The molecule has 0 aliphatic carbocycles. The monoisotopic (exact) mass is 227 g/mol. The molecule has 1 saturated heterocycles. The third-order valence-corrected chi connectivity index (χ3v) is 2.68. The SMILES string of the molecule is CC(N)CCCC(=O)NC1CCCNC1=O. The standard InChI is InChI=1S/C11H21N3O2/c1-8(12)4-2-6-10(15)14-9-5-3-7-13-11(9)16/h8-9H,2-7,12H2,1H3,(H,13,16)(H,14,15). The molecule has 16 heavy (non-hydrogen) atoms. The molecular formula is C11H21N3O2. The van der Waals surface area contributed by atoms with Gasteiger partial charge in [0.25, 0.3) is 0 Å². The average molecular weight is 227 g/mol. The second-order valence-electron chi connectivity index (χ2n) is 4.42. The van der Waals surface area contributed by atoms with Crippen LogP contribution in [-0.4, -0.2) is 30.4 Å². The highest BCUT2D eigenvalue weighted by atomic mass is 16.2. The second kappa shape index (κ2) is 6.48. The molecule has 0 spiro atoms. The largest absolute Gasteiger partial charge is 0.354 e. The Morgan fingerprint density at radius 3 is 3.06 bits per heavy atom. The van der Waals surface area contributed by atoms with Gasteiger partial charge in [-0.2, -0.15) is 0 Å². The zero-order chi connectivity index (χ0) is 12.0. The van der Waals surface area contributed by atoms with Crippen molar-refractivity contribution in [2.24, 2.45) is 5.73 Å². The number of nitrogens with two attached hydrogens (primary N) is 1. The van der Waals surface area contributed by atoms with Gasteiger partial charge in [-0.25, -0.2) is 0 Å². The van der Waals surface area contributed by atoms with Crippen LogP contribution in [0.15, 0.2) is 0 Å². The number of hydrogen-bond donors (Lipinski definition) is 3. The molecule has 0 saturated carbocycles. The predicted molar refractivity (Wildman–Crippen MR) is 61.7 cm³/mol. The van der Waals surface area contributed by atoms with E-state index in [1.54, 1.807) is 0 Å². The first-order chi connectivity index (χ1) is 7.59. The Bertz CT molecular complexity index is 254. The summed E-state index contributed by atoms with van der Waals surface area (Å²) in [5.74, 6) is -0.116. The molecule has 1 aliphatic rings. The van der Waals surface area contributed by atoms with Gasteiger partial charge in [0.05, 0.1) is 0 Å². The Balaban J connectivity index is 2.20. The summed E-state index contributed by atoms with van der Waals surface area (Å²) < 4.78 is 0. The molecule has 0 aromatic rings. The van der Waals surface area contributed by atoms with Crippen LogP contribution in [0.3, 0.4) is 0 Å². The molecule has 0 bridgehead atoms. The number of carbonyl (C=O) groups excluding carboxylic acids is 2. The van der Waals surface area contributed by atoms with Crippen LogP contribution in [0, 0.1) is 0 Å². The van der Waals surface area contributed by atoms with E-state index in [2.05, 4.69) is 10.6 Å². The van der Waals surface area contributed by atoms with Crippen LogP contribution in [0.2, 0.25) is 0 Å². The summed E-state index contributed by atoms with van der Waals surface area (Å²) in [5, 5.41) is 5.49. The fourth-order valence-corrected chi connectivity index (χ4v) is 1.76. The summed E-state index contributed by atoms with van der Waals surface area (Å²) >= 11 is 0. The maximum absolute atomic E-state index is 11.5. The average Bonchev–Trinajstić information content (AvgIpc) is 2.21. The third kappa shape index (κ3) is 4.61. The van der Waals surface area contributed by atoms with Crippen LogP contribution in [0.5, 0.6) is 0 Å². The third-order valence-electron chi connectivity index (χ3n) is 2.68.